The summed E-state index contributed by atoms with van der Waals surface area (Å²) in [5, 5.41) is 4.15. The number of carbonyl (C=O) groups is 2. The number of carbonyl (C=O) groups excluding carboxylic acids is 2. The second-order valence-corrected chi connectivity index (χ2v) is 6.50. The molecule has 2 aromatic rings. The number of nitrogens with zero attached hydrogens (tertiary/aromatic N) is 2. The Labute approximate surface area is 181 Å². The van der Waals surface area contributed by atoms with Crippen LogP contribution in [0, 0.1) is 0 Å². The quantitative estimate of drug-likeness (QED) is 0.488. The van der Waals surface area contributed by atoms with Gasteiger partial charge in [0.15, 0.2) is 17.2 Å². The molecule has 32 heavy (non-hydrogen) atoms. The summed E-state index contributed by atoms with van der Waals surface area (Å²) in [6.07, 6.45) is -3.78. The summed E-state index contributed by atoms with van der Waals surface area (Å²) in [4.78, 5) is 24.6. The van der Waals surface area contributed by atoms with Gasteiger partial charge in [-0.1, -0.05) is 6.07 Å². The summed E-state index contributed by atoms with van der Waals surface area (Å²) in [5.74, 6) is -0.860. The number of ether oxygens (including phenoxy) is 3. The lowest BCUT2D eigenvalue weighted by molar-refractivity contribution is -0.114. The number of methoxy groups -OCH3 is 2. The number of halogens is 3. The van der Waals surface area contributed by atoms with E-state index >= 15 is 0 Å². The monoisotopic (exact) mass is 448 g/mol. The Balaban J connectivity index is 1.99. The molecule has 0 radical (unpaired) electrons. The van der Waals surface area contributed by atoms with Crippen LogP contribution in [0.2, 0.25) is 0 Å². The van der Waals surface area contributed by atoms with Crippen LogP contribution in [-0.2, 0) is 9.53 Å². The van der Waals surface area contributed by atoms with Crippen molar-refractivity contribution in [2.45, 2.75) is 13.1 Å². The van der Waals surface area contributed by atoms with Gasteiger partial charge in [-0.3, -0.25) is 4.79 Å². The molecule has 7 nitrogen and oxygen atoms in total. The van der Waals surface area contributed by atoms with Gasteiger partial charge >= 0.3 is 12.1 Å². The molecule has 0 unspecified atom stereocenters. The molecule has 0 fully saturated rings. The van der Waals surface area contributed by atoms with E-state index in [0.29, 0.717) is 22.1 Å². The van der Waals surface area contributed by atoms with Crippen molar-refractivity contribution in [3.8, 4) is 11.5 Å². The smallest absolute Gasteiger partial charge is 0.435 e. The predicted molar refractivity (Wildman–Crippen MR) is 111 cm³/mol. The van der Waals surface area contributed by atoms with Crippen molar-refractivity contribution in [1.82, 2.24) is 0 Å². The molecule has 1 amide bonds. The molecule has 0 saturated carbocycles. The molecule has 0 atom stereocenters. The highest BCUT2D eigenvalue weighted by molar-refractivity contribution is 6.34. The van der Waals surface area contributed by atoms with E-state index in [4.69, 9.17) is 14.2 Å². The number of hydrogen-bond donors (Lipinski definition) is 0. The molecule has 3 rings (SSSR count). The fourth-order valence-corrected chi connectivity index (χ4v) is 2.99. The van der Waals surface area contributed by atoms with Crippen LogP contribution in [0.1, 0.15) is 22.8 Å². The number of anilines is 1. The molecule has 0 aromatic heterocycles. The van der Waals surface area contributed by atoms with Crippen LogP contribution in [0.15, 0.2) is 53.1 Å². The summed E-state index contributed by atoms with van der Waals surface area (Å²) in [6, 6.07) is 9.79. The summed E-state index contributed by atoms with van der Waals surface area (Å²) >= 11 is 0. The van der Waals surface area contributed by atoms with E-state index in [1.807, 2.05) is 0 Å². The molecule has 0 spiro atoms. The fourth-order valence-electron chi connectivity index (χ4n) is 2.99. The van der Waals surface area contributed by atoms with Crippen molar-refractivity contribution in [2.75, 3.05) is 25.8 Å². The molecular weight excluding hydrogens is 429 g/mol. The van der Waals surface area contributed by atoms with Crippen LogP contribution in [0.4, 0.5) is 18.9 Å². The molecule has 1 aliphatic heterocycles. The molecule has 0 N–H and O–H groups in total. The molecular formula is C22H19F3N2O5. The molecule has 168 valence electrons. The first-order valence-corrected chi connectivity index (χ1v) is 9.41. The average molecular weight is 448 g/mol. The second kappa shape index (κ2) is 9.13. The Morgan fingerprint density at radius 2 is 1.72 bits per heavy atom. The zero-order valence-corrected chi connectivity index (χ0v) is 17.4. The summed E-state index contributed by atoms with van der Waals surface area (Å²) in [6.45, 7) is 1.82. The number of esters is 1. The Morgan fingerprint density at radius 3 is 2.28 bits per heavy atom. The third-order valence-electron chi connectivity index (χ3n) is 4.49. The van der Waals surface area contributed by atoms with E-state index in [2.05, 4.69) is 5.10 Å². The minimum absolute atomic E-state index is 0.0699. The summed E-state index contributed by atoms with van der Waals surface area (Å²) in [7, 11) is 2.82. The van der Waals surface area contributed by atoms with Crippen LogP contribution < -0.4 is 14.5 Å². The van der Waals surface area contributed by atoms with E-state index < -0.39 is 29.3 Å². The van der Waals surface area contributed by atoms with Crippen LogP contribution in [0.3, 0.4) is 0 Å². The van der Waals surface area contributed by atoms with Crippen molar-refractivity contribution in [3.05, 3.63) is 59.2 Å². The van der Waals surface area contributed by atoms with Gasteiger partial charge in [-0.25, -0.2) is 4.79 Å². The topological polar surface area (TPSA) is 77.4 Å². The minimum atomic E-state index is -4.86. The van der Waals surface area contributed by atoms with Crippen molar-refractivity contribution < 1.29 is 37.0 Å². The minimum Gasteiger partial charge on any atom is -0.493 e. The third kappa shape index (κ3) is 4.58. The molecule has 1 heterocycles. The van der Waals surface area contributed by atoms with Gasteiger partial charge in [0.1, 0.15) is 0 Å². The summed E-state index contributed by atoms with van der Waals surface area (Å²) < 4.78 is 56.1. The number of amides is 1. The number of rotatable bonds is 6. The van der Waals surface area contributed by atoms with Gasteiger partial charge in [-0.05, 0) is 55.0 Å². The zero-order valence-electron chi connectivity index (χ0n) is 17.4. The number of hydrogen-bond acceptors (Lipinski definition) is 6. The van der Waals surface area contributed by atoms with Gasteiger partial charge in [0.25, 0.3) is 5.91 Å². The number of benzene rings is 2. The lowest BCUT2D eigenvalue weighted by atomic mass is 10.1. The van der Waals surface area contributed by atoms with Gasteiger partial charge in [0.05, 0.1) is 37.7 Å². The molecule has 1 aliphatic rings. The normalized spacial score (nSPS) is 15.1. The molecule has 2 aromatic carbocycles. The van der Waals surface area contributed by atoms with Crippen molar-refractivity contribution in [2.24, 2.45) is 5.10 Å². The van der Waals surface area contributed by atoms with E-state index in [9.17, 15) is 22.8 Å². The Bertz CT molecular complexity index is 1090. The first-order valence-electron chi connectivity index (χ1n) is 9.41. The van der Waals surface area contributed by atoms with Crippen LogP contribution >= 0.6 is 0 Å². The van der Waals surface area contributed by atoms with Gasteiger partial charge in [0, 0.05) is 0 Å². The SMILES string of the molecule is CCOC(=O)c1ccc(N2N=C(C(F)(F)F)/C(=C\c3ccc(OC)c(OC)c3)C2=O)cc1. The summed E-state index contributed by atoms with van der Waals surface area (Å²) in [5.41, 5.74) is -1.39. The fraction of sp³-hybridized carbons (Fsp3) is 0.227. The highest BCUT2D eigenvalue weighted by Crippen LogP contribution is 2.34. The van der Waals surface area contributed by atoms with E-state index in [-0.39, 0.29) is 17.9 Å². The van der Waals surface area contributed by atoms with Crippen LogP contribution in [-0.4, -0.2) is 44.6 Å². The average Bonchev–Trinajstić information content (AvgIpc) is 3.10. The van der Waals surface area contributed by atoms with Gasteiger partial charge in [-0.15, -0.1) is 0 Å². The zero-order chi connectivity index (χ0) is 23.5. The second-order valence-electron chi connectivity index (χ2n) is 6.50. The predicted octanol–water partition coefficient (Wildman–Crippen LogP) is 4.23. The molecule has 0 aliphatic carbocycles. The Morgan fingerprint density at radius 1 is 1.06 bits per heavy atom. The molecule has 10 heteroatoms. The lowest BCUT2D eigenvalue weighted by Crippen LogP contribution is -2.25. The van der Waals surface area contributed by atoms with E-state index in [1.54, 1.807) is 6.92 Å². The molecule has 0 saturated heterocycles. The highest BCUT2D eigenvalue weighted by Gasteiger charge is 2.46. The Hall–Kier alpha value is -3.82. The van der Waals surface area contributed by atoms with Crippen molar-refractivity contribution in [3.63, 3.8) is 0 Å². The highest BCUT2D eigenvalue weighted by atomic mass is 19.4. The number of hydrazone groups is 1. The van der Waals surface area contributed by atoms with Gasteiger partial charge in [-0.2, -0.15) is 23.3 Å². The maximum atomic E-state index is 13.6. The Kier molecular flexibility index (Phi) is 6.52. The standard InChI is InChI=1S/C22H19F3N2O5/c1-4-32-21(29)14-6-8-15(9-7-14)27-20(28)16(19(26-27)22(23,24)25)11-13-5-10-17(30-2)18(12-13)31-3/h5-12H,4H2,1-3H3/b16-11+. The first kappa shape index (κ1) is 22.9. The molecule has 0 bridgehead atoms. The van der Waals surface area contributed by atoms with Crippen molar-refractivity contribution >= 4 is 29.4 Å². The van der Waals surface area contributed by atoms with Crippen molar-refractivity contribution in [1.29, 1.82) is 0 Å². The third-order valence-corrected chi connectivity index (χ3v) is 4.49. The van der Waals surface area contributed by atoms with Gasteiger partial charge < -0.3 is 14.2 Å². The maximum Gasteiger partial charge on any atom is 0.435 e. The van der Waals surface area contributed by atoms with E-state index in [0.717, 1.165) is 6.08 Å². The van der Waals surface area contributed by atoms with Gasteiger partial charge in [0.2, 0.25) is 0 Å². The van der Waals surface area contributed by atoms with E-state index in [1.165, 1.54) is 56.7 Å². The van der Waals surface area contributed by atoms with Crippen LogP contribution in [0.25, 0.3) is 6.08 Å². The first-order chi connectivity index (χ1) is 15.2. The number of alkyl halides is 3. The lowest BCUT2D eigenvalue weighted by Gasteiger charge is -2.12. The maximum absolute atomic E-state index is 13.6. The van der Waals surface area contributed by atoms with Crippen LogP contribution in [0.5, 0.6) is 11.5 Å². The largest absolute Gasteiger partial charge is 0.493 e.